The summed E-state index contributed by atoms with van der Waals surface area (Å²) in [5, 5.41) is 3.77. The van der Waals surface area contributed by atoms with Crippen LogP contribution in [0, 0.1) is 0 Å². The zero-order valence-electron chi connectivity index (χ0n) is 10.8. The lowest BCUT2D eigenvalue weighted by atomic mass is 10.0. The van der Waals surface area contributed by atoms with Crippen LogP contribution in [0.15, 0.2) is 4.52 Å². The normalized spacial score (nSPS) is 23.1. The third kappa shape index (κ3) is 1.98. The molecule has 2 saturated heterocycles. The summed E-state index contributed by atoms with van der Waals surface area (Å²) in [5.74, 6) is 0.770. The van der Waals surface area contributed by atoms with E-state index in [2.05, 4.69) is 10.1 Å². The molecule has 7 heteroatoms. The second kappa shape index (κ2) is 4.64. The second-order valence-electron chi connectivity index (χ2n) is 4.87. The molecule has 102 valence electrons. The largest absolute Gasteiger partial charge is 0.337 e. The number of amides is 3. The van der Waals surface area contributed by atoms with Crippen LogP contribution in [-0.2, 0) is 17.8 Å². The van der Waals surface area contributed by atoms with Crippen molar-refractivity contribution >= 4 is 11.9 Å². The monoisotopic (exact) mass is 264 g/mol. The molecule has 0 unspecified atom stereocenters. The van der Waals surface area contributed by atoms with E-state index in [1.807, 2.05) is 6.92 Å². The lowest BCUT2D eigenvalue weighted by Gasteiger charge is -2.25. The van der Waals surface area contributed by atoms with Crippen LogP contribution in [0.1, 0.15) is 37.9 Å². The van der Waals surface area contributed by atoms with Crippen molar-refractivity contribution in [3.63, 3.8) is 0 Å². The van der Waals surface area contributed by atoms with Gasteiger partial charge in [0.05, 0.1) is 0 Å². The zero-order chi connectivity index (χ0) is 13.4. The van der Waals surface area contributed by atoms with Crippen LogP contribution in [-0.4, -0.2) is 44.5 Å². The van der Waals surface area contributed by atoms with E-state index in [9.17, 15) is 9.59 Å². The maximum Gasteiger partial charge on any atom is 0.327 e. The summed E-state index contributed by atoms with van der Waals surface area (Å²) >= 11 is 0. The third-order valence-electron chi connectivity index (χ3n) is 3.65. The van der Waals surface area contributed by atoms with E-state index in [-0.39, 0.29) is 24.5 Å². The van der Waals surface area contributed by atoms with Gasteiger partial charge in [0.1, 0.15) is 12.6 Å². The molecule has 0 aliphatic carbocycles. The SMILES string of the molecule is CCc1noc(CN2C(=O)[C@@H]3CCCCN3C2=O)n1. The second-order valence-corrected chi connectivity index (χ2v) is 4.87. The maximum absolute atomic E-state index is 12.2. The average Bonchev–Trinajstić information content (AvgIpc) is 2.99. The summed E-state index contributed by atoms with van der Waals surface area (Å²) in [6.45, 7) is 2.66. The van der Waals surface area contributed by atoms with Gasteiger partial charge in [0.2, 0.25) is 5.89 Å². The molecule has 0 spiro atoms. The first kappa shape index (κ1) is 12.1. The number of fused-ring (bicyclic) bond motifs is 1. The predicted octanol–water partition coefficient (Wildman–Crippen LogP) is 0.949. The topological polar surface area (TPSA) is 79.5 Å². The summed E-state index contributed by atoms with van der Waals surface area (Å²) in [5.41, 5.74) is 0. The molecule has 1 aromatic rings. The van der Waals surface area contributed by atoms with E-state index < -0.39 is 0 Å². The molecule has 0 bridgehead atoms. The van der Waals surface area contributed by atoms with Gasteiger partial charge in [0.15, 0.2) is 5.82 Å². The summed E-state index contributed by atoms with van der Waals surface area (Å²) < 4.78 is 5.04. The van der Waals surface area contributed by atoms with Crippen molar-refractivity contribution in [3.05, 3.63) is 11.7 Å². The van der Waals surface area contributed by atoms with Gasteiger partial charge in [-0.05, 0) is 19.3 Å². The van der Waals surface area contributed by atoms with Crippen LogP contribution in [0.4, 0.5) is 4.79 Å². The highest BCUT2D eigenvalue weighted by atomic mass is 16.5. The molecule has 0 N–H and O–H groups in total. The van der Waals surface area contributed by atoms with E-state index in [1.54, 1.807) is 4.90 Å². The number of aryl methyl sites for hydroxylation is 1. The van der Waals surface area contributed by atoms with E-state index >= 15 is 0 Å². The Labute approximate surface area is 110 Å². The molecule has 0 radical (unpaired) electrons. The first-order valence-electron chi connectivity index (χ1n) is 6.64. The van der Waals surface area contributed by atoms with Crippen molar-refractivity contribution < 1.29 is 14.1 Å². The average molecular weight is 264 g/mol. The van der Waals surface area contributed by atoms with Crippen LogP contribution >= 0.6 is 0 Å². The minimum absolute atomic E-state index is 0.0810. The van der Waals surface area contributed by atoms with Crippen LogP contribution in [0.3, 0.4) is 0 Å². The quantitative estimate of drug-likeness (QED) is 0.759. The van der Waals surface area contributed by atoms with Crippen LogP contribution in [0.2, 0.25) is 0 Å². The summed E-state index contributed by atoms with van der Waals surface area (Å²) in [6.07, 6.45) is 3.38. The molecular weight excluding hydrogens is 248 g/mol. The highest BCUT2D eigenvalue weighted by Gasteiger charge is 2.46. The molecule has 0 aromatic carbocycles. The summed E-state index contributed by atoms with van der Waals surface area (Å²) in [4.78, 5) is 31.4. The van der Waals surface area contributed by atoms with E-state index in [0.717, 1.165) is 19.3 Å². The van der Waals surface area contributed by atoms with Gasteiger partial charge in [-0.15, -0.1) is 0 Å². The minimum atomic E-state index is -0.283. The number of urea groups is 1. The fourth-order valence-corrected chi connectivity index (χ4v) is 2.63. The molecule has 2 aliphatic rings. The number of piperidine rings is 1. The van der Waals surface area contributed by atoms with Crippen molar-refractivity contribution in [1.29, 1.82) is 0 Å². The number of carbonyl (C=O) groups excluding carboxylic acids is 2. The molecule has 1 aromatic heterocycles. The highest BCUT2D eigenvalue weighted by molar-refractivity contribution is 6.04. The molecule has 1 atom stereocenters. The lowest BCUT2D eigenvalue weighted by Crippen LogP contribution is -2.38. The van der Waals surface area contributed by atoms with Gasteiger partial charge in [-0.2, -0.15) is 4.98 Å². The molecule has 19 heavy (non-hydrogen) atoms. The molecule has 3 rings (SSSR count). The number of carbonyl (C=O) groups is 2. The number of hydrogen-bond acceptors (Lipinski definition) is 5. The molecule has 2 fully saturated rings. The molecule has 7 nitrogen and oxygen atoms in total. The van der Waals surface area contributed by atoms with Gasteiger partial charge in [-0.1, -0.05) is 12.1 Å². The Morgan fingerprint density at radius 3 is 2.89 bits per heavy atom. The van der Waals surface area contributed by atoms with E-state index in [1.165, 1.54) is 4.90 Å². The summed E-state index contributed by atoms with van der Waals surface area (Å²) in [7, 11) is 0. The number of aromatic nitrogens is 2. The van der Waals surface area contributed by atoms with E-state index in [0.29, 0.717) is 24.7 Å². The first-order chi connectivity index (χ1) is 9.20. The fourth-order valence-electron chi connectivity index (χ4n) is 2.63. The highest BCUT2D eigenvalue weighted by Crippen LogP contribution is 2.27. The smallest absolute Gasteiger partial charge is 0.327 e. The van der Waals surface area contributed by atoms with Crippen LogP contribution < -0.4 is 0 Å². The Morgan fingerprint density at radius 1 is 1.37 bits per heavy atom. The predicted molar refractivity (Wildman–Crippen MR) is 64.0 cm³/mol. The zero-order valence-corrected chi connectivity index (χ0v) is 10.8. The minimum Gasteiger partial charge on any atom is -0.337 e. The Balaban J connectivity index is 1.77. The van der Waals surface area contributed by atoms with Crippen molar-refractivity contribution in [2.75, 3.05) is 6.54 Å². The van der Waals surface area contributed by atoms with Gasteiger partial charge in [0, 0.05) is 13.0 Å². The Kier molecular flexibility index (Phi) is 2.96. The van der Waals surface area contributed by atoms with Gasteiger partial charge in [0.25, 0.3) is 5.91 Å². The molecule has 0 saturated carbocycles. The van der Waals surface area contributed by atoms with Crippen LogP contribution in [0.5, 0.6) is 0 Å². The molecular formula is C12H16N4O3. The van der Waals surface area contributed by atoms with Gasteiger partial charge < -0.3 is 9.42 Å². The van der Waals surface area contributed by atoms with Crippen LogP contribution in [0.25, 0.3) is 0 Å². The lowest BCUT2D eigenvalue weighted by molar-refractivity contribution is -0.129. The van der Waals surface area contributed by atoms with Crippen molar-refractivity contribution in [3.8, 4) is 0 Å². The fraction of sp³-hybridized carbons (Fsp3) is 0.667. The summed E-state index contributed by atoms with van der Waals surface area (Å²) in [6, 6.07) is -0.513. The number of imide groups is 1. The molecule has 2 aliphatic heterocycles. The Morgan fingerprint density at radius 2 is 2.21 bits per heavy atom. The standard InChI is InChI=1S/C12H16N4O3/c1-2-9-13-10(19-14-9)7-16-11(17)8-5-3-4-6-15(8)12(16)18/h8H,2-7H2,1H3/t8-/m0/s1. The van der Waals surface area contributed by atoms with Gasteiger partial charge >= 0.3 is 6.03 Å². The van der Waals surface area contributed by atoms with Gasteiger partial charge in [-0.3, -0.25) is 9.69 Å². The molecule has 3 amide bonds. The third-order valence-corrected chi connectivity index (χ3v) is 3.65. The number of hydrogen-bond donors (Lipinski definition) is 0. The number of rotatable bonds is 3. The number of nitrogens with zero attached hydrogens (tertiary/aromatic N) is 4. The maximum atomic E-state index is 12.2. The van der Waals surface area contributed by atoms with Crippen molar-refractivity contribution in [2.24, 2.45) is 0 Å². The molecule has 3 heterocycles. The van der Waals surface area contributed by atoms with Crippen molar-refractivity contribution in [1.82, 2.24) is 19.9 Å². The van der Waals surface area contributed by atoms with Crippen molar-refractivity contribution in [2.45, 2.75) is 45.2 Å². The van der Waals surface area contributed by atoms with E-state index in [4.69, 9.17) is 4.52 Å². The Bertz CT molecular complexity index is 489. The Hall–Kier alpha value is -1.92. The first-order valence-corrected chi connectivity index (χ1v) is 6.64. The van der Waals surface area contributed by atoms with Gasteiger partial charge in [-0.25, -0.2) is 4.79 Å².